The Labute approximate surface area is 127 Å². The largest absolute Gasteiger partial charge is 0.370 e. The van der Waals surface area contributed by atoms with Crippen molar-refractivity contribution in [2.75, 3.05) is 26.3 Å². The van der Waals surface area contributed by atoms with Crippen LogP contribution >= 0.6 is 12.2 Å². The average molecular weight is 309 g/mol. The smallest absolute Gasteiger partial charge is 0.202 e. The van der Waals surface area contributed by atoms with Crippen LogP contribution in [0.1, 0.15) is 0 Å². The Morgan fingerprint density at radius 2 is 1.95 bits per heavy atom. The van der Waals surface area contributed by atoms with E-state index in [1.807, 2.05) is 16.3 Å². The van der Waals surface area contributed by atoms with Crippen LogP contribution in [-0.4, -0.2) is 40.7 Å². The minimum Gasteiger partial charge on any atom is -0.370 e. The average Bonchev–Trinajstić information content (AvgIpc) is 2.78. The highest BCUT2D eigenvalue weighted by atomic mass is 32.1. The molecular weight excluding hydrogens is 291 g/mol. The first-order chi connectivity index (χ1) is 10.1. The van der Waals surface area contributed by atoms with Crippen LogP contribution in [0.5, 0.6) is 0 Å². The molecule has 0 atom stereocenters. The lowest BCUT2D eigenvalue weighted by atomic mass is 10.2. The van der Waals surface area contributed by atoms with Crippen LogP contribution in [0.4, 0.5) is 4.39 Å². The summed E-state index contributed by atoms with van der Waals surface area (Å²) in [5, 5.41) is 4.59. The zero-order valence-corrected chi connectivity index (χ0v) is 12.7. The topological polar surface area (TPSA) is 36.4 Å². The molecule has 1 aromatic carbocycles. The highest BCUT2D eigenvalue weighted by Crippen LogP contribution is 2.17. The van der Waals surface area contributed by atoms with E-state index in [1.165, 1.54) is 17.0 Å². The molecule has 1 N–H and O–H groups in total. The molecule has 1 aliphatic heterocycles. The minimum absolute atomic E-state index is 0.253. The van der Waals surface area contributed by atoms with Gasteiger partial charge >= 0.3 is 0 Å². The Bertz CT molecular complexity index is 673. The Kier molecular flexibility index (Phi) is 4.14. The number of halogens is 1. The summed E-state index contributed by atoms with van der Waals surface area (Å²) < 4.78 is 22.8. The zero-order chi connectivity index (χ0) is 14.8. The lowest BCUT2D eigenvalue weighted by molar-refractivity contribution is -0.930. The van der Waals surface area contributed by atoms with E-state index in [1.54, 1.807) is 12.1 Å². The first-order valence-electron chi connectivity index (χ1n) is 6.96. The third-order valence-electron chi connectivity index (χ3n) is 3.72. The van der Waals surface area contributed by atoms with Crippen LogP contribution in [0, 0.1) is 10.6 Å². The normalized spacial score (nSPS) is 16.3. The summed E-state index contributed by atoms with van der Waals surface area (Å²) in [4.78, 5) is 1.40. The standard InChI is InChI=1S/C14H17FN4OS/c1-17-13(11-2-4-12(15)5-3-11)16-19(14(17)21)10-18-6-8-20-9-7-18/h2-5H,6-10H2,1H3/p+1. The molecule has 0 saturated carbocycles. The molecule has 0 aliphatic carbocycles. The molecule has 1 fully saturated rings. The summed E-state index contributed by atoms with van der Waals surface area (Å²) in [7, 11) is 1.89. The number of morpholine rings is 1. The van der Waals surface area contributed by atoms with E-state index in [4.69, 9.17) is 17.0 Å². The molecule has 0 spiro atoms. The van der Waals surface area contributed by atoms with Crippen molar-refractivity contribution < 1.29 is 14.0 Å². The van der Waals surface area contributed by atoms with E-state index in [-0.39, 0.29) is 5.82 Å². The number of aromatic nitrogens is 3. The van der Waals surface area contributed by atoms with Crippen LogP contribution in [0.25, 0.3) is 11.4 Å². The molecule has 2 heterocycles. The van der Waals surface area contributed by atoms with Gasteiger partial charge in [-0.2, -0.15) is 4.68 Å². The molecule has 112 valence electrons. The molecule has 0 bridgehead atoms. The molecule has 3 rings (SSSR count). The molecule has 1 aromatic heterocycles. The minimum atomic E-state index is -0.253. The van der Waals surface area contributed by atoms with Gasteiger partial charge < -0.3 is 14.2 Å². The van der Waals surface area contributed by atoms with E-state index in [0.29, 0.717) is 4.77 Å². The number of quaternary nitrogens is 1. The van der Waals surface area contributed by atoms with Gasteiger partial charge in [0.05, 0.1) is 13.2 Å². The number of benzene rings is 1. The van der Waals surface area contributed by atoms with E-state index in [2.05, 4.69) is 5.10 Å². The van der Waals surface area contributed by atoms with Gasteiger partial charge in [0.15, 0.2) is 12.5 Å². The number of nitrogens with one attached hydrogen (secondary N) is 1. The van der Waals surface area contributed by atoms with Gasteiger partial charge in [0.2, 0.25) is 4.77 Å². The van der Waals surface area contributed by atoms with Gasteiger partial charge in [0.1, 0.15) is 18.9 Å². The van der Waals surface area contributed by atoms with Crippen molar-refractivity contribution in [2.24, 2.45) is 7.05 Å². The van der Waals surface area contributed by atoms with E-state index >= 15 is 0 Å². The summed E-state index contributed by atoms with van der Waals surface area (Å²) >= 11 is 5.45. The summed E-state index contributed by atoms with van der Waals surface area (Å²) in [6, 6.07) is 6.31. The lowest BCUT2D eigenvalue weighted by Crippen LogP contribution is -3.13. The van der Waals surface area contributed by atoms with Crippen molar-refractivity contribution >= 4 is 12.2 Å². The van der Waals surface area contributed by atoms with Crippen LogP contribution in [0.15, 0.2) is 24.3 Å². The predicted octanol–water partition coefficient (Wildman–Crippen LogP) is 0.630. The molecule has 0 amide bonds. The second kappa shape index (κ2) is 6.05. The quantitative estimate of drug-likeness (QED) is 0.845. The van der Waals surface area contributed by atoms with Crippen LogP contribution in [0.2, 0.25) is 0 Å². The Morgan fingerprint density at radius 3 is 2.62 bits per heavy atom. The summed E-state index contributed by atoms with van der Waals surface area (Å²) in [5.41, 5.74) is 0.862. The van der Waals surface area contributed by atoms with E-state index in [9.17, 15) is 4.39 Å². The van der Waals surface area contributed by atoms with Crippen molar-refractivity contribution in [3.63, 3.8) is 0 Å². The molecule has 1 saturated heterocycles. The Hall–Kier alpha value is -1.57. The maximum atomic E-state index is 13.0. The summed E-state index contributed by atoms with van der Waals surface area (Å²) in [6.07, 6.45) is 0. The molecule has 2 aromatic rings. The van der Waals surface area contributed by atoms with Gasteiger partial charge in [-0.3, -0.25) is 0 Å². The highest BCUT2D eigenvalue weighted by Gasteiger charge is 2.17. The molecule has 1 aliphatic rings. The molecule has 5 nitrogen and oxygen atoms in total. The van der Waals surface area contributed by atoms with Crippen molar-refractivity contribution in [3.8, 4) is 11.4 Å². The maximum Gasteiger partial charge on any atom is 0.202 e. The lowest BCUT2D eigenvalue weighted by Gasteiger charge is -2.23. The first-order valence-corrected chi connectivity index (χ1v) is 7.37. The monoisotopic (exact) mass is 309 g/mol. The molecular formula is C14H18FN4OS+. The van der Waals surface area contributed by atoms with Gasteiger partial charge in [0, 0.05) is 12.6 Å². The molecule has 21 heavy (non-hydrogen) atoms. The molecule has 7 heteroatoms. The Morgan fingerprint density at radius 1 is 1.29 bits per heavy atom. The van der Waals surface area contributed by atoms with Gasteiger partial charge in [-0.1, -0.05) is 0 Å². The van der Waals surface area contributed by atoms with Crippen molar-refractivity contribution in [1.82, 2.24) is 14.3 Å². The summed E-state index contributed by atoms with van der Waals surface area (Å²) in [5.74, 6) is 0.504. The van der Waals surface area contributed by atoms with Gasteiger partial charge in [-0.05, 0) is 36.5 Å². The SMILES string of the molecule is Cn1c(-c2ccc(F)cc2)nn(C[NH+]2CCOCC2)c1=S. The van der Waals surface area contributed by atoms with Gasteiger partial charge in [-0.15, -0.1) is 5.10 Å². The number of ether oxygens (including phenoxy) is 1. The predicted molar refractivity (Wildman–Crippen MR) is 78.9 cm³/mol. The van der Waals surface area contributed by atoms with Crippen molar-refractivity contribution in [3.05, 3.63) is 34.9 Å². The third-order valence-corrected chi connectivity index (χ3v) is 4.20. The van der Waals surface area contributed by atoms with Crippen molar-refractivity contribution in [1.29, 1.82) is 0 Å². The van der Waals surface area contributed by atoms with E-state index < -0.39 is 0 Å². The zero-order valence-electron chi connectivity index (χ0n) is 11.9. The number of rotatable bonds is 3. The number of hydrogen-bond acceptors (Lipinski definition) is 3. The fourth-order valence-corrected chi connectivity index (χ4v) is 2.66. The fraction of sp³-hybridized carbons (Fsp3) is 0.429. The second-order valence-corrected chi connectivity index (χ2v) is 5.56. The van der Waals surface area contributed by atoms with Gasteiger partial charge in [-0.25, -0.2) is 4.39 Å². The Balaban J connectivity index is 1.88. The first kappa shape index (κ1) is 14.4. The molecule has 0 radical (unpaired) electrons. The summed E-state index contributed by atoms with van der Waals surface area (Å²) in [6.45, 7) is 4.21. The van der Waals surface area contributed by atoms with E-state index in [0.717, 1.165) is 44.4 Å². The highest BCUT2D eigenvalue weighted by molar-refractivity contribution is 7.71. The van der Waals surface area contributed by atoms with Gasteiger partial charge in [0.25, 0.3) is 0 Å². The van der Waals surface area contributed by atoms with Crippen LogP contribution < -0.4 is 4.90 Å². The number of nitrogens with zero attached hydrogens (tertiary/aromatic N) is 3. The third kappa shape index (κ3) is 3.04. The van der Waals surface area contributed by atoms with Crippen LogP contribution in [0.3, 0.4) is 0 Å². The van der Waals surface area contributed by atoms with Crippen LogP contribution in [-0.2, 0) is 18.5 Å². The molecule has 0 unspecified atom stereocenters. The maximum absolute atomic E-state index is 13.0. The fourth-order valence-electron chi connectivity index (χ4n) is 2.47. The second-order valence-electron chi connectivity index (χ2n) is 5.19. The number of hydrogen-bond donors (Lipinski definition) is 1. The van der Waals surface area contributed by atoms with Crippen molar-refractivity contribution in [2.45, 2.75) is 6.67 Å².